The van der Waals surface area contributed by atoms with Crippen molar-refractivity contribution in [3.8, 4) is 11.1 Å². The van der Waals surface area contributed by atoms with Crippen LogP contribution in [0.3, 0.4) is 0 Å². The summed E-state index contributed by atoms with van der Waals surface area (Å²) >= 11 is 1.43. The number of halogens is 1. The third-order valence-electron chi connectivity index (χ3n) is 5.32. The van der Waals surface area contributed by atoms with Gasteiger partial charge in [-0.15, -0.1) is 0 Å². The molecule has 1 fully saturated rings. The molecule has 1 heterocycles. The molecular weight excluding hydrogens is 371 g/mol. The Balaban J connectivity index is 1.47. The fraction of sp³-hybridized carbons (Fsp3) is 0.217. The molecule has 140 valence electrons. The first kappa shape index (κ1) is 17.3. The molecule has 3 nitrogen and oxygen atoms in total. The second-order valence-corrected chi connectivity index (χ2v) is 8.41. The first-order valence-electron chi connectivity index (χ1n) is 9.42. The maximum absolute atomic E-state index is 13.1. The van der Waals surface area contributed by atoms with Crippen molar-refractivity contribution in [2.75, 3.05) is 5.32 Å². The number of nitrogens with one attached hydrogen (secondary N) is 1. The standard InChI is InChI=1S/C23H19FN2OS/c1-13-6-7-15(14-4-2-3-5-14)10-17(13)16-8-9-20-21(11-16)28-23(25-20)26-22(27)18-12-19(18)24/h2,4-11,18-19H,3,12H2,1H3,(H,25,26,27)/t18-,19+/m1/s1. The third kappa shape index (κ3) is 3.16. The third-order valence-corrected chi connectivity index (χ3v) is 6.25. The number of nitrogens with zero attached hydrogens (tertiary/aromatic N) is 1. The van der Waals surface area contributed by atoms with Crippen LogP contribution in [-0.2, 0) is 4.79 Å². The normalized spacial score (nSPS) is 20.4. The molecule has 2 aliphatic rings. The predicted molar refractivity (Wildman–Crippen MR) is 113 cm³/mol. The van der Waals surface area contributed by atoms with E-state index < -0.39 is 12.1 Å². The Labute approximate surface area is 166 Å². The van der Waals surface area contributed by atoms with Gasteiger partial charge in [0.15, 0.2) is 5.13 Å². The Morgan fingerprint density at radius 3 is 2.79 bits per heavy atom. The number of thiazole rings is 1. The van der Waals surface area contributed by atoms with Crippen molar-refractivity contribution >= 4 is 38.2 Å². The van der Waals surface area contributed by atoms with E-state index in [-0.39, 0.29) is 5.91 Å². The number of amides is 1. The first-order valence-corrected chi connectivity index (χ1v) is 10.2. The maximum atomic E-state index is 13.1. The van der Waals surface area contributed by atoms with Crippen LogP contribution in [0.5, 0.6) is 0 Å². The van der Waals surface area contributed by atoms with E-state index in [2.05, 4.69) is 65.8 Å². The molecule has 2 aromatic carbocycles. The molecule has 1 N–H and O–H groups in total. The van der Waals surface area contributed by atoms with Gasteiger partial charge in [-0.3, -0.25) is 4.79 Å². The van der Waals surface area contributed by atoms with Crippen LogP contribution >= 0.6 is 11.3 Å². The Morgan fingerprint density at radius 1 is 1.21 bits per heavy atom. The van der Waals surface area contributed by atoms with E-state index in [1.54, 1.807) is 0 Å². The van der Waals surface area contributed by atoms with E-state index in [0.29, 0.717) is 11.6 Å². The van der Waals surface area contributed by atoms with Gasteiger partial charge in [0.25, 0.3) is 0 Å². The predicted octanol–water partition coefficient (Wildman–Crippen LogP) is 5.91. The molecule has 1 amide bonds. The Kier molecular flexibility index (Phi) is 4.13. The summed E-state index contributed by atoms with van der Waals surface area (Å²) in [5.74, 6) is -0.778. The lowest BCUT2D eigenvalue weighted by Crippen LogP contribution is -2.14. The Morgan fingerprint density at radius 2 is 2.04 bits per heavy atom. The van der Waals surface area contributed by atoms with Gasteiger partial charge in [-0.25, -0.2) is 9.37 Å². The van der Waals surface area contributed by atoms with E-state index in [9.17, 15) is 9.18 Å². The minimum absolute atomic E-state index is 0.270. The lowest BCUT2D eigenvalue weighted by Gasteiger charge is -2.09. The van der Waals surface area contributed by atoms with Crippen LogP contribution in [0.15, 0.2) is 54.6 Å². The molecule has 0 unspecified atom stereocenters. The Bertz CT molecular complexity index is 1160. The molecule has 0 saturated heterocycles. The van der Waals surface area contributed by atoms with Gasteiger partial charge >= 0.3 is 0 Å². The highest BCUT2D eigenvalue weighted by Crippen LogP contribution is 2.37. The summed E-state index contributed by atoms with van der Waals surface area (Å²) in [4.78, 5) is 16.4. The summed E-state index contributed by atoms with van der Waals surface area (Å²) in [6, 6.07) is 12.7. The van der Waals surface area contributed by atoms with E-state index in [1.807, 2.05) is 6.07 Å². The number of aryl methyl sites for hydroxylation is 1. The number of rotatable bonds is 4. The van der Waals surface area contributed by atoms with Crippen molar-refractivity contribution in [1.82, 2.24) is 4.98 Å². The summed E-state index contributed by atoms with van der Waals surface area (Å²) in [6.45, 7) is 2.11. The number of anilines is 1. The summed E-state index contributed by atoms with van der Waals surface area (Å²) in [5, 5.41) is 3.28. The fourth-order valence-corrected chi connectivity index (χ4v) is 4.47. The molecule has 1 aromatic heterocycles. The van der Waals surface area contributed by atoms with Crippen molar-refractivity contribution in [2.24, 2.45) is 5.92 Å². The Hall–Kier alpha value is -2.79. The highest BCUT2D eigenvalue weighted by molar-refractivity contribution is 7.22. The number of fused-ring (bicyclic) bond motifs is 1. The minimum atomic E-state index is -0.999. The second kappa shape index (κ2) is 6.67. The molecule has 3 aromatic rings. The van der Waals surface area contributed by atoms with Crippen LogP contribution in [0.2, 0.25) is 0 Å². The molecule has 0 aliphatic heterocycles. The van der Waals surface area contributed by atoms with Gasteiger partial charge in [0.05, 0.1) is 16.1 Å². The van der Waals surface area contributed by atoms with Gasteiger partial charge in [-0.05, 0) is 65.8 Å². The van der Waals surface area contributed by atoms with Gasteiger partial charge in [-0.1, -0.05) is 47.8 Å². The number of aromatic nitrogens is 1. The van der Waals surface area contributed by atoms with E-state index >= 15 is 0 Å². The monoisotopic (exact) mass is 390 g/mol. The van der Waals surface area contributed by atoms with Gasteiger partial charge in [0.1, 0.15) is 6.17 Å². The molecule has 5 rings (SSSR count). The summed E-state index contributed by atoms with van der Waals surface area (Å²) in [7, 11) is 0. The van der Waals surface area contributed by atoms with Crippen molar-refractivity contribution in [2.45, 2.75) is 25.9 Å². The molecule has 1 saturated carbocycles. The first-order chi connectivity index (χ1) is 13.6. The van der Waals surface area contributed by atoms with E-state index in [1.165, 1.54) is 33.6 Å². The van der Waals surface area contributed by atoms with Crippen LogP contribution in [0.4, 0.5) is 9.52 Å². The highest BCUT2D eigenvalue weighted by Gasteiger charge is 2.43. The van der Waals surface area contributed by atoms with Crippen LogP contribution in [0, 0.1) is 12.8 Å². The lowest BCUT2D eigenvalue weighted by molar-refractivity contribution is -0.117. The molecule has 2 aliphatic carbocycles. The van der Waals surface area contributed by atoms with Crippen molar-refractivity contribution in [3.63, 3.8) is 0 Å². The van der Waals surface area contributed by atoms with Crippen LogP contribution in [0.25, 0.3) is 26.9 Å². The molecule has 0 bridgehead atoms. The zero-order valence-corrected chi connectivity index (χ0v) is 16.2. The molecule has 0 radical (unpaired) electrons. The summed E-state index contributed by atoms with van der Waals surface area (Å²) in [6.07, 6.45) is 6.88. The van der Waals surface area contributed by atoms with Gasteiger partial charge in [0.2, 0.25) is 5.91 Å². The molecular formula is C23H19FN2OS. The lowest BCUT2D eigenvalue weighted by atomic mass is 9.95. The van der Waals surface area contributed by atoms with Crippen LogP contribution < -0.4 is 5.32 Å². The number of benzene rings is 2. The second-order valence-electron chi connectivity index (χ2n) is 7.38. The van der Waals surface area contributed by atoms with Crippen molar-refractivity contribution in [1.29, 1.82) is 0 Å². The highest BCUT2D eigenvalue weighted by atomic mass is 32.1. The number of carbonyl (C=O) groups excluding carboxylic acids is 1. The largest absolute Gasteiger partial charge is 0.302 e. The van der Waals surface area contributed by atoms with E-state index in [0.717, 1.165) is 22.2 Å². The van der Waals surface area contributed by atoms with Crippen molar-refractivity contribution < 1.29 is 9.18 Å². The van der Waals surface area contributed by atoms with E-state index in [4.69, 9.17) is 0 Å². The topological polar surface area (TPSA) is 42.0 Å². The molecule has 5 heteroatoms. The number of allylic oxidation sites excluding steroid dienone is 4. The molecule has 0 spiro atoms. The van der Waals surface area contributed by atoms with Gasteiger partial charge < -0.3 is 5.32 Å². The average molecular weight is 390 g/mol. The fourth-order valence-electron chi connectivity index (χ4n) is 3.56. The van der Waals surface area contributed by atoms with Gasteiger partial charge in [0, 0.05) is 0 Å². The zero-order chi connectivity index (χ0) is 19.3. The summed E-state index contributed by atoms with van der Waals surface area (Å²) < 4.78 is 14.1. The summed E-state index contributed by atoms with van der Waals surface area (Å²) in [5.41, 5.74) is 6.85. The minimum Gasteiger partial charge on any atom is -0.302 e. The SMILES string of the molecule is Cc1ccc(C2=CCC=C2)cc1-c1ccc2nc(NC(=O)[C@@H]3C[C@@H]3F)sc2c1. The smallest absolute Gasteiger partial charge is 0.232 e. The number of hydrogen-bond acceptors (Lipinski definition) is 3. The van der Waals surface area contributed by atoms with Crippen molar-refractivity contribution in [3.05, 3.63) is 65.8 Å². The molecule has 28 heavy (non-hydrogen) atoms. The molecule has 2 atom stereocenters. The van der Waals surface area contributed by atoms with Gasteiger partial charge in [-0.2, -0.15) is 0 Å². The number of alkyl halides is 1. The zero-order valence-electron chi connectivity index (χ0n) is 15.4. The van der Waals surface area contributed by atoms with Crippen LogP contribution in [-0.4, -0.2) is 17.1 Å². The van der Waals surface area contributed by atoms with Crippen LogP contribution in [0.1, 0.15) is 24.0 Å². The number of hydrogen-bond donors (Lipinski definition) is 1. The maximum Gasteiger partial charge on any atom is 0.232 e. The quantitative estimate of drug-likeness (QED) is 0.601. The average Bonchev–Trinajstić information content (AvgIpc) is 3.09. The number of carbonyl (C=O) groups is 1.